The molecule has 1 fully saturated rings. The first-order valence-electron chi connectivity index (χ1n) is 7.16. The van der Waals surface area contributed by atoms with Gasteiger partial charge in [0.05, 0.1) is 5.54 Å². The lowest BCUT2D eigenvalue weighted by Gasteiger charge is -2.27. The van der Waals surface area contributed by atoms with Crippen LogP contribution in [0.2, 0.25) is 10.0 Å². The van der Waals surface area contributed by atoms with Crippen molar-refractivity contribution < 1.29 is 9.53 Å². The van der Waals surface area contributed by atoms with Gasteiger partial charge in [-0.15, -0.1) is 0 Å². The highest BCUT2D eigenvalue weighted by atomic mass is 35.5. The molecule has 116 valence electrons. The first-order valence-corrected chi connectivity index (χ1v) is 7.91. The molecule has 0 aliphatic heterocycles. The molecule has 0 atom stereocenters. The average Bonchev–Trinajstić information content (AvgIpc) is 2.61. The quantitative estimate of drug-likeness (QED) is 0.796. The van der Waals surface area contributed by atoms with E-state index in [4.69, 9.17) is 33.7 Å². The van der Waals surface area contributed by atoms with E-state index >= 15 is 0 Å². The number of carbonyl (C=O) groups excluding carboxylic acids is 1. The minimum atomic E-state index is -0.539. The summed E-state index contributed by atoms with van der Waals surface area (Å²) in [5.74, 6) is 0. The van der Waals surface area contributed by atoms with Gasteiger partial charge in [0.1, 0.15) is 6.61 Å². The summed E-state index contributed by atoms with van der Waals surface area (Å²) in [5, 5.41) is 3.52. The van der Waals surface area contributed by atoms with Gasteiger partial charge in [-0.05, 0) is 31.0 Å². The Morgan fingerprint density at radius 2 is 1.71 bits per heavy atom. The number of hydrogen-bond donors (Lipinski definition) is 2. The molecule has 21 heavy (non-hydrogen) atoms. The number of hydrogen-bond acceptors (Lipinski definition) is 3. The highest BCUT2D eigenvalue weighted by molar-refractivity contribution is 6.35. The van der Waals surface area contributed by atoms with E-state index in [1.54, 1.807) is 18.2 Å². The van der Waals surface area contributed by atoms with Gasteiger partial charge >= 0.3 is 6.09 Å². The van der Waals surface area contributed by atoms with Gasteiger partial charge in [-0.1, -0.05) is 48.9 Å². The molecule has 4 nitrogen and oxygen atoms in total. The lowest BCUT2D eigenvalue weighted by Crippen LogP contribution is -2.45. The molecule has 6 heteroatoms. The Bertz CT molecular complexity index is 480. The summed E-state index contributed by atoms with van der Waals surface area (Å²) in [6, 6.07) is 4.82. The molecule has 1 aromatic rings. The molecule has 1 aliphatic carbocycles. The highest BCUT2D eigenvalue weighted by Gasteiger charge is 2.27. The third kappa shape index (κ3) is 5.38. The number of carbonyl (C=O) groups is 1. The first-order chi connectivity index (χ1) is 9.97. The molecule has 0 spiro atoms. The molecule has 1 aliphatic rings. The largest absolute Gasteiger partial charge is 0.447 e. The average molecular weight is 331 g/mol. The number of anilines is 1. The predicted molar refractivity (Wildman–Crippen MR) is 86.1 cm³/mol. The van der Waals surface area contributed by atoms with Crippen molar-refractivity contribution in [2.45, 2.75) is 44.1 Å². The molecular formula is C15H20Cl2N2O2. The van der Waals surface area contributed by atoms with E-state index in [1.807, 2.05) is 0 Å². The van der Waals surface area contributed by atoms with E-state index < -0.39 is 11.6 Å². The Balaban J connectivity index is 1.86. The number of nitrogens with two attached hydrogens (primary N) is 1. The number of nitrogens with one attached hydrogen (secondary N) is 1. The molecule has 0 radical (unpaired) electrons. The van der Waals surface area contributed by atoms with E-state index in [9.17, 15) is 4.79 Å². The Labute approximate surface area is 134 Å². The molecule has 0 heterocycles. The number of ether oxygens (including phenoxy) is 1. The summed E-state index contributed by atoms with van der Waals surface area (Å²) >= 11 is 11.8. The molecule has 1 saturated carbocycles. The van der Waals surface area contributed by atoms with Crippen LogP contribution in [0.5, 0.6) is 0 Å². The van der Waals surface area contributed by atoms with Gasteiger partial charge in [0.2, 0.25) is 0 Å². The molecule has 2 rings (SSSR count). The zero-order valence-electron chi connectivity index (χ0n) is 11.8. The van der Waals surface area contributed by atoms with Crippen LogP contribution >= 0.6 is 23.2 Å². The van der Waals surface area contributed by atoms with E-state index in [0.29, 0.717) is 15.7 Å². The number of rotatable bonds is 3. The number of amides is 1. The second-order valence-electron chi connectivity index (χ2n) is 5.64. The topological polar surface area (TPSA) is 64.3 Å². The van der Waals surface area contributed by atoms with Crippen LogP contribution in [0.15, 0.2) is 18.2 Å². The molecule has 3 N–H and O–H groups in total. The Hall–Kier alpha value is -0.970. The number of benzene rings is 1. The normalized spacial score (nSPS) is 17.9. The molecule has 1 aromatic carbocycles. The summed E-state index contributed by atoms with van der Waals surface area (Å²) in [7, 11) is 0. The minimum absolute atomic E-state index is 0.229. The standard InChI is InChI=1S/C15H20Cl2N2O2/c16-11-7-12(17)9-13(8-11)19-14(20)21-10-15(18)5-3-1-2-4-6-15/h7-9H,1-6,10,18H2,(H,19,20). The molecule has 0 bridgehead atoms. The van der Waals surface area contributed by atoms with Crippen molar-refractivity contribution in [1.29, 1.82) is 0 Å². The van der Waals surface area contributed by atoms with Crippen LogP contribution in [0.1, 0.15) is 38.5 Å². The fraction of sp³-hybridized carbons (Fsp3) is 0.533. The van der Waals surface area contributed by atoms with E-state index in [1.165, 1.54) is 12.8 Å². The minimum Gasteiger partial charge on any atom is -0.447 e. The van der Waals surface area contributed by atoms with Crippen molar-refractivity contribution >= 4 is 35.0 Å². The van der Waals surface area contributed by atoms with Crippen LogP contribution in [0.25, 0.3) is 0 Å². The third-order valence-electron chi connectivity index (χ3n) is 3.70. The second kappa shape index (κ2) is 7.34. The van der Waals surface area contributed by atoms with Crippen molar-refractivity contribution in [3.63, 3.8) is 0 Å². The van der Waals surface area contributed by atoms with Gasteiger partial charge in [0, 0.05) is 15.7 Å². The third-order valence-corrected chi connectivity index (χ3v) is 4.14. The highest BCUT2D eigenvalue weighted by Crippen LogP contribution is 2.26. The van der Waals surface area contributed by atoms with Crippen molar-refractivity contribution in [1.82, 2.24) is 0 Å². The van der Waals surface area contributed by atoms with Crippen LogP contribution in [0, 0.1) is 0 Å². The van der Waals surface area contributed by atoms with Gasteiger partial charge in [0.25, 0.3) is 0 Å². The molecule has 1 amide bonds. The summed E-state index contributed by atoms with van der Waals surface area (Å²) in [6.07, 6.45) is 5.82. The second-order valence-corrected chi connectivity index (χ2v) is 6.51. The monoisotopic (exact) mass is 330 g/mol. The molecular weight excluding hydrogens is 311 g/mol. The lowest BCUT2D eigenvalue weighted by molar-refractivity contribution is 0.122. The predicted octanol–water partition coefficient (Wildman–Crippen LogP) is 4.59. The molecule has 0 aromatic heterocycles. The fourth-order valence-electron chi connectivity index (χ4n) is 2.57. The lowest BCUT2D eigenvalue weighted by atomic mass is 9.93. The smallest absolute Gasteiger partial charge is 0.411 e. The zero-order chi connectivity index (χ0) is 15.3. The van der Waals surface area contributed by atoms with Crippen LogP contribution < -0.4 is 11.1 Å². The van der Waals surface area contributed by atoms with Crippen LogP contribution in [0.4, 0.5) is 10.5 Å². The van der Waals surface area contributed by atoms with Crippen LogP contribution in [-0.4, -0.2) is 18.2 Å². The Kier molecular flexibility index (Phi) is 5.73. The van der Waals surface area contributed by atoms with E-state index in [2.05, 4.69) is 5.32 Å². The molecule has 0 unspecified atom stereocenters. The van der Waals surface area contributed by atoms with Gasteiger partial charge in [-0.2, -0.15) is 0 Å². The molecule has 0 saturated heterocycles. The number of halogens is 2. The fourth-order valence-corrected chi connectivity index (χ4v) is 3.09. The van der Waals surface area contributed by atoms with E-state index in [0.717, 1.165) is 25.7 Å². The maximum absolute atomic E-state index is 11.8. The van der Waals surface area contributed by atoms with Gasteiger partial charge in [0.15, 0.2) is 0 Å². The van der Waals surface area contributed by atoms with E-state index in [-0.39, 0.29) is 6.61 Å². The Morgan fingerprint density at radius 1 is 1.14 bits per heavy atom. The van der Waals surface area contributed by atoms with Crippen molar-refractivity contribution in [2.24, 2.45) is 5.73 Å². The summed E-state index contributed by atoms with van der Waals surface area (Å²) in [5.41, 5.74) is 6.40. The first kappa shape index (κ1) is 16.4. The van der Waals surface area contributed by atoms with Gasteiger partial charge in [-0.3, -0.25) is 5.32 Å². The van der Waals surface area contributed by atoms with Gasteiger partial charge in [-0.25, -0.2) is 4.79 Å². The summed E-state index contributed by atoms with van der Waals surface area (Å²) in [6.45, 7) is 0.229. The van der Waals surface area contributed by atoms with Crippen molar-refractivity contribution in [3.8, 4) is 0 Å². The SMILES string of the molecule is NC1(COC(=O)Nc2cc(Cl)cc(Cl)c2)CCCCCC1. The zero-order valence-corrected chi connectivity index (χ0v) is 13.3. The van der Waals surface area contributed by atoms with Crippen LogP contribution in [-0.2, 0) is 4.74 Å². The van der Waals surface area contributed by atoms with Gasteiger partial charge < -0.3 is 10.5 Å². The van der Waals surface area contributed by atoms with Crippen LogP contribution in [0.3, 0.4) is 0 Å². The van der Waals surface area contributed by atoms with Crippen molar-refractivity contribution in [3.05, 3.63) is 28.2 Å². The maximum Gasteiger partial charge on any atom is 0.411 e. The summed E-state index contributed by atoms with van der Waals surface area (Å²) < 4.78 is 5.26. The van der Waals surface area contributed by atoms with Crippen molar-refractivity contribution in [2.75, 3.05) is 11.9 Å². The Morgan fingerprint density at radius 3 is 2.29 bits per heavy atom. The maximum atomic E-state index is 11.8. The summed E-state index contributed by atoms with van der Waals surface area (Å²) in [4.78, 5) is 11.8.